The van der Waals surface area contributed by atoms with Gasteiger partial charge in [-0.15, -0.1) is 0 Å². The molecule has 0 amide bonds. The second kappa shape index (κ2) is 9.33. The number of benzene rings is 7. The summed E-state index contributed by atoms with van der Waals surface area (Å²) in [6.07, 6.45) is 0. The van der Waals surface area contributed by atoms with Crippen LogP contribution in [0.5, 0.6) is 0 Å². The maximum atomic E-state index is 6.13. The molecule has 0 N–H and O–H groups in total. The third-order valence-corrected chi connectivity index (χ3v) is 8.31. The fourth-order valence-corrected chi connectivity index (χ4v) is 6.27. The Balaban J connectivity index is 1.27. The second-order valence-electron chi connectivity index (χ2n) is 10.8. The van der Waals surface area contributed by atoms with Gasteiger partial charge in [0.1, 0.15) is 11.2 Å². The maximum absolute atomic E-state index is 6.13. The van der Waals surface area contributed by atoms with E-state index in [1.807, 2.05) is 42.5 Å². The Bertz CT molecular complexity index is 2510. The number of furan rings is 1. The van der Waals surface area contributed by atoms with E-state index in [1.165, 1.54) is 16.2 Å². The van der Waals surface area contributed by atoms with Crippen molar-refractivity contribution in [3.63, 3.8) is 0 Å². The van der Waals surface area contributed by atoms with E-state index in [4.69, 9.17) is 19.4 Å². The van der Waals surface area contributed by atoms with Crippen molar-refractivity contribution in [1.29, 1.82) is 0 Å². The summed E-state index contributed by atoms with van der Waals surface area (Å²) in [5.41, 5.74) is 4.65. The number of hydrogen-bond acceptors (Lipinski definition) is 4. The normalized spacial score (nSPS) is 11.7. The van der Waals surface area contributed by atoms with Crippen molar-refractivity contribution in [2.45, 2.75) is 0 Å². The molecule has 0 radical (unpaired) electrons. The van der Waals surface area contributed by atoms with E-state index >= 15 is 0 Å². The Labute approximate surface area is 246 Å². The molecule has 0 saturated heterocycles. The SMILES string of the molecule is c1ccc(-c2nc(-c3ccc4c(ccc5oc6ccccc6c54)c3)nc(-c3cccc4c3ccc3ccccc34)n2)cc1. The summed E-state index contributed by atoms with van der Waals surface area (Å²) in [6.45, 7) is 0. The monoisotopic (exact) mass is 549 g/mol. The third kappa shape index (κ3) is 3.81. The van der Waals surface area contributed by atoms with E-state index in [2.05, 4.69) is 97.1 Å². The number of aromatic nitrogens is 3. The van der Waals surface area contributed by atoms with Crippen molar-refractivity contribution >= 4 is 54.3 Å². The molecule has 0 aliphatic carbocycles. The first kappa shape index (κ1) is 23.8. The second-order valence-corrected chi connectivity index (χ2v) is 10.8. The first-order valence-corrected chi connectivity index (χ1v) is 14.4. The Kier molecular flexibility index (Phi) is 5.16. The van der Waals surface area contributed by atoms with Crippen molar-refractivity contribution in [1.82, 2.24) is 15.0 Å². The Morgan fingerprint density at radius 1 is 0.372 bits per heavy atom. The summed E-state index contributed by atoms with van der Waals surface area (Å²) >= 11 is 0. The minimum absolute atomic E-state index is 0.640. The van der Waals surface area contributed by atoms with Crippen LogP contribution in [-0.2, 0) is 0 Å². The summed E-state index contributed by atoms with van der Waals surface area (Å²) in [7, 11) is 0. The minimum atomic E-state index is 0.640. The number of para-hydroxylation sites is 1. The first-order chi connectivity index (χ1) is 21.3. The van der Waals surface area contributed by atoms with Crippen molar-refractivity contribution in [3.8, 4) is 34.2 Å². The molecule has 0 unspecified atom stereocenters. The molecule has 7 aromatic carbocycles. The summed E-state index contributed by atoms with van der Waals surface area (Å²) in [6, 6.07) is 48.1. The van der Waals surface area contributed by atoms with Gasteiger partial charge in [-0.1, -0.05) is 121 Å². The van der Waals surface area contributed by atoms with Gasteiger partial charge in [-0.05, 0) is 50.5 Å². The third-order valence-electron chi connectivity index (χ3n) is 8.31. The highest BCUT2D eigenvalue weighted by Gasteiger charge is 2.16. The van der Waals surface area contributed by atoms with Gasteiger partial charge in [0.15, 0.2) is 17.5 Å². The summed E-state index contributed by atoms with van der Waals surface area (Å²) in [4.78, 5) is 15.1. The molecular weight excluding hydrogens is 526 g/mol. The zero-order chi connectivity index (χ0) is 28.3. The lowest BCUT2D eigenvalue weighted by Gasteiger charge is -2.12. The zero-order valence-corrected chi connectivity index (χ0v) is 23.0. The highest BCUT2D eigenvalue weighted by molar-refractivity contribution is 6.19. The van der Waals surface area contributed by atoms with Crippen LogP contribution in [0.2, 0.25) is 0 Å². The standard InChI is InChI=1S/C39H23N3O/c1-2-10-25(11-3-1)37-40-38(27-18-20-29-26(23-27)19-22-35-36(29)33-13-6-7-16-34(33)43-35)42-39(41-37)32-15-8-14-30-28-12-5-4-9-24(28)17-21-31(30)32/h1-23H. The van der Waals surface area contributed by atoms with Gasteiger partial charge in [0.05, 0.1) is 0 Å². The van der Waals surface area contributed by atoms with Crippen molar-refractivity contribution in [3.05, 3.63) is 140 Å². The van der Waals surface area contributed by atoms with Gasteiger partial charge >= 0.3 is 0 Å². The summed E-state index contributed by atoms with van der Waals surface area (Å²) in [5, 5.41) is 9.22. The molecule has 4 nitrogen and oxygen atoms in total. The lowest BCUT2D eigenvalue weighted by molar-refractivity contribution is 0.669. The lowest BCUT2D eigenvalue weighted by Crippen LogP contribution is -2.00. The van der Waals surface area contributed by atoms with Crippen LogP contribution in [0.15, 0.2) is 144 Å². The molecule has 0 saturated carbocycles. The Morgan fingerprint density at radius 2 is 1.07 bits per heavy atom. The van der Waals surface area contributed by atoms with Gasteiger partial charge in [0.25, 0.3) is 0 Å². The molecule has 0 aliphatic rings. The fraction of sp³-hybridized carbons (Fsp3) is 0. The van der Waals surface area contributed by atoms with Gasteiger partial charge in [-0.25, -0.2) is 15.0 Å². The number of rotatable bonds is 3. The molecule has 0 atom stereocenters. The van der Waals surface area contributed by atoms with Crippen LogP contribution in [0.1, 0.15) is 0 Å². The van der Waals surface area contributed by atoms with Crippen LogP contribution in [0.4, 0.5) is 0 Å². The van der Waals surface area contributed by atoms with Gasteiger partial charge in [0.2, 0.25) is 0 Å². The van der Waals surface area contributed by atoms with Crippen LogP contribution < -0.4 is 0 Å². The van der Waals surface area contributed by atoms with E-state index in [0.717, 1.165) is 54.8 Å². The predicted octanol–water partition coefficient (Wildman–Crippen LogP) is 10.2. The molecule has 0 bridgehead atoms. The highest BCUT2D eigenvalue weighted by atomic mass is 16.3. The molecule has 2 heterocycles. The van der Waals surface area contributed by atoms with E-state index in [-0.39, 0.29) is 0 Å². The van der Waals surface area contributed by atoms with Gasteiger partial charge in [0, 0.05) is 27.5 Å². The molecule has 43 heavy (non-hydrogen) atoms. The molecule has 0 spiro atoms. The molecule has 200 valence electrons. The zero-order valence-electron chi connectivity index (χ0n) is 23.0. The molecule has 4 heteroatoms. The molecule has 0 aliphatic heterocycles. The summed E-state index contributed by atoms with van der Waals surface area (Å²) < 4.78 is 6.13. The first-order valence-electron chi connectivity index (χ1n) is 14.4. The van der Waals surface area contributed by atoms with Crippen LogP contribution in [0.3, 0.4) is 0 Å². The predicted molar refractivity (Wildman–Crippen MR) is 176 cm³/mol. The van der Waals surface area contributed by atoms with Gasteiger partial charge in [-0.2, -0.15) is 0 Å². The highest BCUT2D eigenvalue weighted by Crippen LogP contribution is 2.37. The lowest BCUT2D eigenvalue weighted by atomic mass is 9.98. The topological polar surface area (TPSA) is 51.8 Å². The van der Waals surface area contributed by atoms with Crippen LogP contribution in [0.25, 0.3) is 88.4 Å². The van der Waals surface area contributed by atoms with Gasteiger partial charge in [-0.3, -0.25) is 0 Å². The van der Waals surface area contributed by atoms with Crippen LogP contribution >= 0.6 is 0 Å². The van der Waals surface area contributed by atoms with E-state index in [9.17, 15) is 0 Å². The van der Waals surface area contributed by atoms with Gasteiger partial charge < -0.3 is 4.42 Å². The number of hydrogen-bond donors (Lipinski definition) is 0. The average Bonchev–Trinajstić information content (AvgIpc) is 3.47. The largest absolute Gasteiger partial charge is 0.456 e. The summed E-state index contributed by atoms with van der Waals surface area (Å²) in [5.74, 6) is 1.94. The smallest absolute Gasteiger partial charge is 0.164 e. The fourth-order valence-electron chi connectivity index (χ4n) is 6.27. The van der Waals surface area contributed by atoms with Crippen molar-refractivity contribution < 1.29 is 4.42 Å². The van der Waals surface area contributed by atoms with E-state index < -0.39 is 0 Å². The van der Waals surface area contributed by atoms with Crippen LogP contribution in [-0.4, -0.2) is 15.0 Å². The van der Waals surface area contributed by atoms with Crippen molar-refractivity contribution in [2.24, 2.45) is 0 Å². The number of nitrogens with zero attached hydrogens (tertiary/aromatic N) is 3. The quantitative estimate of drug-likeness (QED) is 0.206. The van der Waals surface area contributed by atoms with E-state index in [1.54, 1.807) is 0 Å². The van der Waals surface area contributed by atoms with Crippen LogP contribution in [0, 0.1) is 0 Å². The maximum Gasteiger partial charge on any atom is 0.164 e. The van der Waals surface area contributed by atoms with Crippen molar-refractivity contribution in [2.75, 3.05) is 0 Å². The Morgan fingerprint density at radius 3 is 1.98 bits per heavy atom. The number of fused-ring (bicyclic) bond motifs is 8. The minimum Gasteiger partial charge on any atom is -0.456 e. The molecular formula is C39H23N3O. The average molecular weight is 550 g/mol. The molecule has 9 aromatic rings. The molecule has 0 fully saturated rings. The molecule has 9 rings (SSSR count). The Hall–Kier alpha value is -5.87. The van der Waals surface area contributed by atoms with E-state index in [0.29, 0.717) is 17.5 Å². The molecule has 2 aromatic heterocycles.